The fourth-order valence-electron chi connectivity index (χ4n) is 13.1. The zero-order valence-corrected chi connectivity index (χ0v) is 54.2. The molecule has 4 heterocycles. The fraction of sp³-hybridized carbons (Fsp3) is 0. The Morgan fingerprint density at radius 2 is 0.460 bits per heavy atom. The molecule has 18 aromatic rings. The number of benzene rings is 14. The van der Waals surface area contributed by atoms with Crippen LogP contribution < -0.4 is 0 Å². The van der Waals surface area contributed by atoms with Crippen LogP contribution in [0.25, 0.3) is 178 Å². The normalized spacial score (nSPS) is 11.2. The van der Waals surface area contributed by atoms with Crippen LogP contribution in [0.1, 0.15) is 0 Å². The molecule has 0 aliphatic carbocycles. The summed E-state index contributed by atoms with van der Waals surface area (Å²) in [6, 6.07) is 120. The second-order valence-corrected chi connectivity index (χ2v) is 24.7. The number of hydrogen-bond acceptors (Lipinski definition) is 8. The van der Waals surface area contributed by atoms with Crippen molar-refractivity contribution in [3.8, 4) is 135 Å². The van der Waals surface area contributed by atoms with Gasteiger partial charge in [-0.15, -0.1) is 0 Å². The van der Waals surface area contributed by atoms with Gasteiger partial charge in [0.25, 0.3) is 0 Å². The number of hydrogen-bond donors (Lipinski definition) is 0. The molecule has 0 N–H and O–H groups in total. The van der Waals surface area contributed by atoms with Gasteiger partial charge < -0.3 is 0 Å². The van der Waals surface area contributed by atoms with Crippen LogP contribution in [0.2, 0.25) is 0 Å². The summed E-state index contributed by atoms with van der Waals surface area (Å²) in [7, 11) is 0. The molecule has 0 amide bonds. The van der Waals surface area contributed by atoms with Gasteiger partial charge >= 0.3 is 0 Å². The molecule has 468 valence electrons. The first-order valence-corrected chi connectivity index (χ1v) is 33.4. The first-order valence-electron chi connectivity index (χ1n) is 33.4. The van der Waals surface area contributed by atoms with Crippen LogP contribution in [0.5, 0.6) is 0 Å². The van der Waals surface area contributed by atoms with Gasteiger partial charge in [-0.25, -0.2) is 29.9 Å². The fourth-order valence-corrected chi connectivity index (χ4v) is 13.1. The lowest BCUT2D eigenvalue weighted by Gasteiger charge is -2.11. The van der Waals surface area contributed by atoms with Crippen LogP contribution in [0.15, 0.2) is 364 Å². The molecular formula is C92H60N8. The highest BCUT2D eigenvalue weighted by atomic mass is 15.0. The summed E-state index contributed by atoms with van der Waals surface area (Å²) in [5, 5.41) is 8.34. The van der Waals surface area contributed by atoms with E-state index in [1.165, 1.54) is 54.6 Å². The Balaban J connectivity index is 0.000000150. The quantitative estimate of drug-likeness (QED) is 0.111. The first-order chi connectivity index (χ1) is 49.5. The van der Waals surface area contributed by atoms with Crippen LogP contribution in [0.4, 0.5) is 0 Å². The number of nitrogens with zero attached hydrogens (tertiary/aromatic N) is 8. The summed E-state index contributed by atoms with van der Waals surface area (Å²) in [6.45, 7) is 0. The lowest BCUT2D eigenvalue weighted by molar-refractivity contribution is 1.07. The average molecular weight is 1280 g/mol. The van der Waals surface area contributed by atoms with Crippen molar-refractivity contribution in [3.05, 3.63) is 364 Å². The molecule has 0 spiro atoms. The topological polar surface area (TPSA) is 103 Å². The third-order valence-corrected chi connectivity index (χ3v) is 18.4. The molecule has 100 heavy (non-hydrogen) atoms. The van der Waals surface area contributed by atoms with Crippen LogP contribution in [0.3, 0.4) is 0 Å². The van der Waals surface area contributed by atoms with Gasteiger partial charge in [-0.3, -0.25) is 9.97 Å². The van der Waals surface area contributed by atoms with Gasteiger partial charge in [-0.2, -0.15) is 0 Å². The Bertz CT molecular complexity index is 5600. The molecule has 0 aliphatic rings. The van der Waals surface area contributed by atoms with Crippen molar-refractivity contribution in [2.24, 2.45) is 0 Å². The zero-order chi connectivity index (χ0) is 66.6. The number of aromatic nitrogens is 8. The predicted octanol–water partition coefficient (Wildman–Crippen LogP) is 23.2. The van der Waals surface area contributed by atoms with E-state index in [2.05, 4.69) is 278 Å². The minimum atomic E-state index is 0.637. The van der Waals surface area contributed by atoms with E-state index >= 15 is 0 Å². The van der Waals surface area contributed by atoms with E-state index in [4.69, 9.17) is 34.9 Å². The van der Waals surface area contributed by atoms with Crippen molar-refractivity contribution in [3.63, 3.8) is 0 Å². The number of pyridine rings is 2. The van der Waals surface area contributed by atoms with Crippen LogP contribution in [-0.2, 0) is 0 Å². The minimum absolute atomic E-state index is 0.637. The molecule has 18 rings (SSSR count). The molecule has 8 heteroatoms. The molecule has 4 aromatic heterocycles. The predicted molar refractivity (Wildman–Crippen MR) is 411 cm³/mol. The van der Waals surface area contributed by atoms with Crippen molar-refractivity contribution in [1.82, 2.24) is 39.9 Å². The molecule has 0 unspecified atom stereocenters. The van der Waals surface area contributed by atoms with Gasteiger partial charge in [0.1, 0.15) is 0 Å². The van der Waals surface area contributed by atoms with E-state index in [9.17, 15) is 0 Å². The Labute approximate surface area is 579 Å². The monoisotopic (exact) mass is 1280 g/mol. The SMILES string of the molecule is c1ccc(-c2ccc(-c3nc(-c4ccccc4)nc(-c4ccc(-c5cccc(-c6ccc7c(c6)ncc6ccccc67)c5)cc4)n3)cc2)cc1.c1ccc(-c2ccc(-c3nc(-c4ccccc4)nc(-c4ccc(-c5cccc(-c6ccc7c(ccc8ccncc87)c6)c5)cc4)n3)cc2)cc1. The minimum Gasteiger partial charge on any atom is -0.264 e. The maximum atomic E-state index is 4.98. The largest absolute Gasteiger partial charge is 0.264 e. The third-order valence-electron chi connectivity index (χ3n) is 18.4. The summed E-state index contributed by atoms with van der Waals surface area (Å²) >= 11 is 0. The van der Waals surface area contributed by atoms with Gasteiger partial charge in [-0.1, -0.05) is 315 Å². The molecule has 0 bridgehead atoms. The highest BCUT2D eigenvalue weighted by molar-refractivity contribution is 6.08. The van der Waals surface area contributed by atoms with E-state index in [-0.39, 0.29) is 0 Å². The summed E-state index contributed by atoms with van der Waals surface area (Å²) in [5.41, 5.74) is 20.5. The van der Waals surface area contributed by atoms with Crippen LogP contribution in [0, 0.1) is 0 Å². The molecule has 0 radical (unpaired) electrons. The molecule has 14 aromatic carbocycles. The van der Waals surface area contributed by atoms with Crippen molar-refractivity contribution in [1.29, 1.82) is 0 Å². The van der Waals surface area contributed by atoms with Gasteiger partial charge in [0, 0.05) is 68.1 Å². The smallest absolute Gasteiger partial charge is 0.164 e. The molecule has 0 atom stereocenters. The standard InChI is InChI=1S/2C46H30N4/c1-3-10-31(11-4-1)32-18-22-35(23-19-32)45-48-44(34-12-5-2-6-13-34)49-46(50-45)36-24-20-33(21-25-36)37-15-9-16-38(28-37)39-26-27-42-41-17-8-7-14-40(41)30-47-43(42)29-39;1-3-8-31(9-4-1)32-14-19-36(20-15-32)45-48-44(35-10-5-2-6-11-35)49-46(50-45)37-21-16-33(17-22-37)38-12-7-13-39(28-38)40-24-25-42-41(29-40)23-18-34-26-27-47-30-43(34)42/h2*1-30H. The third kappa shape index (κ3) is 12.5. The zero-order valence-electron chi connectivity index (χ0n) is 54.2. The van der Waals surface area contributed by atoms with E-state index in [0.29, 0.717) is 34.9 Å². The van der Waals surface area contributed by atoms with Gasteiger partial charge in [-0.05, 0) is 119 Å². The highest BCUT2D eigenvalue weighted by Crippen LogP contribution is 2.37. The lowest BCUT2D eigenvalue weighted by atomic mass is 9.95. The van der Waals surface area contributed by atoms with Crippen molar-refractivity contribution < 1.29 is 0 Å². The van der Waals surface area contributed by atoms with Gasteiger partial charge in [0.2, 0.25) is 0 Å². The van der Waals surface area contributed by atoms with E-state index in [0.717, 1.165) is 88.8 Å². The Hall–Kier alpha value is -13.6. The first kappa shape index (κ1) is 60.1. The molecule has 0 fully saturated rings. The number of rotatable bonds is 12. The van der Waals surface area contributed by atoms with Crippen LogP contribution in [-0.4, -0.2) is 39.9 Å². The summed E-state index contributed by atoms with van der Waals surface area (Å²) in [5.74, 6) is 3.85. The van der Waals surface area contributed by atoms with E-state index in [1.54, 1.807) is 0 Å². The summed E-state index contributed by atoms with van der Waals surface area (Å²) < 4.78 is 0. The average Bonchev–Trinajstić information content (AvgIpc) is 0.816. The molecule has 0 aliphatic heterocycles. The molecular weight excluding hydrogens is 1220 g/mol. The van der Waals surface area contributed by atoms with Gasteiger partial charge in [0.05, 0.1) is 5.52 Å². The van der Waals surface area contributed by atoms with Crippen molar-refractivity contribution >= 4 is 43.2 Å². The Morgan fingerprint density at radius 1 is 0.160 bits per heavy atom. The highest BCUT2D eigenvalue weighted by Gasteiger charge is 2.17. The van der Waals surface area contributed by atoms with Crippen LogP contribution >= 0.6 is 0 Å². The summed E-state index contributed by atoms with van der Waals surface area (Å²) in [6.07, 6.45) is 5.75. The Morgan fingerprint density at radius 3 is 0.910 bits per heavy atom. The molecule has 8 nitrogen and oxygen atoms in total. The maximum Gasteiger partial charge on any atom is 0.164 e. The molecule has 0 saturated carbocycles. The second-order valence-electron chi connectivity index (χ2n) is 24.7. The van der Waals surface area contributed by atoms with Crippen molar-refractivity contribution in [2.75, 3.05) is 0 Å². The van der Waals surface area contributed by atoms with Crippen molar-refractivity contribution in [2.45, 2.75) is 0 Å². The molecule has 0 saturated heterocycles. The summed E-state index contributed by atoms with van der Waals surface area (Å²) in [4.78, 5) is 38.8. The number of fused-ring (bicyclic) bond motifs is 6. The Kier molecular flexibility index (Phi) is 16.2. The van der Waals surface area contributed by atoms with E-state index in [1.807, 2.05) is 91.4 Å². The maximum absolute atomic E-state index is 4.98. The second kappa shape index (κ2) is 26.9. The van der Waals surface area contributed by atoms with Gasteiger partial charge in [0.15, 0.2) is 34.9 Å². The van der Waals surface area contributed by atoms with E-state index < -0.39 is 0 Å². The lowest BCUT2D eigenvalue weighted by Crippen LogP contribution is -2.00.